The number of carbonyl (C=O) groups is 1. The predicted octanol–water partition coefficient (Wildman–Crippen LogP) is -0.293. The zero-order valence-corrected chi connectivity index (χ0v) is 10.5. The van der Waals surface area contributed by atoms with E-state index in [4.69, 9.17) is 0 Å². The van der Waals surface area contributed by atoms with Crippen LogP contribution in [0.2, 0.25) is 0 Å². The second kappa shape index (κ2) is 4.97. The Labute approximate surface area is 96.6 Å². The Balaban J connectivity index is 2.55. The molecule has 0 saturated carbocycles. The van der Waals surface area contributed by atoms with Crippen molar-refractivity contribution in [3.63, 3.8) is 0 Å². The topological polar surface area (TPSA) is 57.7 Å². The van der Waals surface area contributed by atoms with Crippen LogP contribution in [-0.4, -0.2) is 62.6 Å². The minimum Gasteiger partial charge on any atom is -0.343 e. The number of hydrogen-bond acceptors (Lipinski definition) is 4. The first-order valence-corrected chi connectivity index (χ1v) is 6.90. The maximum Gasteiger partial charge on any atom is 0.236 e. The number of amides is 1. The van der Waals surface area contributed by atoms with Gasteiger partial charge in [0.15, 0.2) is 9.84 Å². The van der Waals surface area contributed by atoms with Crippen LogP contribution in [0, 0.1) is 0 Å². The Morgan fingerprint density at radius 2 is 2.19 bits per heavy atom. The number of sulfone groups is 1. The monoisotopic (exact) mass is 246 g/mol. The van der Waals surface area contributed by atoms with Crippen LogP contribution < -0.4 is 0 Å². The number of nitrogens with zero attached hydrogens (tertiary/aromatic N) is 2. The third-order valence-corrected chi connectivity index (χ3v) is 4.10. The number of carbonyl (C=O) groups excluding carboxylic acids is 1. The third kappa shape index (κ3) is 3.31. The maximum atomic E-state index is 11.5. The predicted molar refractivity (Wildman–Crippen MR) is 62.7 cm³/mol. The molecule has 5 nitrogen and oxygen atoms in total. The van der Waals surface area contributed by atoms with Crippen LogP contribution in [0.4, 0.5) is 0 Å². The largest absolute Gasteiger partial charge is 0.343 e. The van der Waals surface area contributed by atoms with Crippen molar-refractivity contribution < 1.29 is 13.2 Å². The van der Waals surface area contributed by atoms with E-state index < -0.39 is 9.84 Å². The number of piperazine rings is 1. The lowest BCUT2D eigenvalue weighted by atomic mass is 10.2. The summed E-state index contributed by atoms with van der Waals surface area (Å²) >= 11 is 0. The van der Waals surface area contributed by atoms with Gasteiger partial charge in [0, 0.05) is 31.6 Å². The Bertz CT molecular complexity index is 378. The van der Waals surface area contributed by atoms with Gasteiger partial charge in [-0.3, -0.25) is 9.69 Å². The summed E-state index contributed by atoms with van der Waals surface area (Å²) in [5, 5.41) is 0.968. The van der Waals surface area contributed by atoms with E-state index in [1.54, 1.807) is 11.9 Å². The fourth-order valence-corrected chi connectivity index (χ4v) is 2.35. The van der Waals surface area contributed by atoms with Crippen molar-refractivity contribution in [1.82, 2.24) is 9.80 Å². The van der Waals surface area contributed by atoms with Crippen LogP contribution in [0.1, 0.15) is 6.92 Å². The molecule has 0 aromatic carbocycles. The van der Waals surface area contributed by atoms with Crippen molar-refractivity contribution >= 4 is 15.7 Å². The first-order chi connectivity index (χ1) is 7.35. The average Bonchev–Trinajstić information content (AvgIpc) is 2.22. The Morgan fingerprint density at radius 1 is 1.56 bits per heavy atom. The van der Waals surface area contributed by atoms with E-state index in [0.717, 1.165) is 5.41 Å². The fourth-order valence-electron chi connectivity index (χ4n) is 1.69. The highest BCUT2D eigenvalue weighted by molar-refractivity contribution is 7.94. The highest BCUT2D eigenvalue weighted by Gasteiger charge is 2.27. The van der Waals surface area contributed by atoms with Gasteiger partial charge in [0.05, 0.1) is 12.3 Å². The van der Waals surface area contributed by atoms with Gasteiger partial charge in [0.2, 0.25) is 5.91 Å². The molecular formula is C10H18N2O3S. The normalized spacial score (nSPS) is 23.5. The first kappa shape index (κ1) is 13.2. The molecule has 0 radical (unpaired) electrons. The highest BCUT2D eigenvalue weighted by Crippen LogP contribution is 2.09. The highest BCUT2D eigenvalue weighted by atomic mass is 32.2. The standard InChI is InChI=1S/C10H18N2O3S/c1-4-16(14,15)6-5-12-8-10(13)11(3)7-9(12)2/h4,9H,1,5-8H2,2-3H3. The second-order valence-corrected chi connectivity index (χ2v) is 6.19. The molecular weight excluding hydrogens is 228 g/mol. The summed E-state index contributed by atoms with van der Waals surface area (Å²) in [4.78, 5) is 15.0. The van der Waals surface area contributed by atoms with E-state index in [0.29, 0.717) is 19.6 Å². The van der Waals surface area contributed by atoms with Gasteiger partial charge in [-0.05, 0) is 6.92 Å². The lowest BCUT2D eigenvalue weighted by Crippen LogP contribution is -2.54. The molecule has 1 aliphatic heterocycles. The summed E-state index contributed by atoms with van der Waals surface area (Å²) in [6.45, 7) is 6.58. The van der Waals surface area contributed by atoms with Crippen molar-refractivity contribution in [2.45, 2.75) is 13.0 Å². The maximum absolute atomic E-state index is 11.5. The zero-order valence-electron chi connectivity index (χ0n) is 9.72. The average molecular weight is 246 g/mol. The molecule has 0 spiro atoms. The van der Waals surface area contributed by atoms with Crippen LogP contribution in [0.25, 0.3) is 0 Å². The van der Waals surface area contributed by atoms with Crippen molar-refractivity contribution in [1.29, 1.82) is 0 Å². The first-order valence-electron chi connectivity index (χ1n) is 5.19. The van der Waals surface area contributed by atoms with Crippen LogP contribution in [-0.2, 0) is 14.6 Å². The quantitative estimate of drug-likeness (QED) is 0.684. The molecule has 16 heavy (non-hydrogen) atoms. The van der Waals surface area contributed by atoms with Gasteiger partial charge in [-0.2, -0.15) is 0 Å². The van der Waals surface area contributed by atoms with E-state index in [-0.39, 0.29) is 17.7 Å². The van der Waals surface area contributed by atoms with Crippen LogP contribution in [0.3, 0.4) is 0 Å². The Kier molecular flexibility index (Phi) is 4.09. The summed E-state index contributed by atoms with van der Waals surface area (Å²) in [5.41, 5.74) is 0. The second-order valence-electron chi connectivity index (χ2n) is 4.13. The summed E-state index contributed by atoms with van der Waals surface area (Å²) in [7, 11) is -1.42. The van der Waals surface area contributed by atoms with E-state index in [9.17, 15) is 13.2 Å². The van der Waals surface area contributed by atoms with Crippen LogP contribution >= 0.6 is 0 Å². The van der Waals surface area contributed by atoms with Gasteiger partial charge < -0.3 is 4.90 Å². The summed E-state index contributed by atoms with van der Waals surface area (Å²) in [6, 6.07) is 0.197. The van der Waals surface area contributed by atoms with Gasteiger partial charge in [-0.1, -0.05) is 6.58 Å². The molecule has 1 unspecified atom stereocenters. The molecule has 1 atom stereocenters. The molecule has 6 heteroatoms. The van der Waals surface area contributed by atoms with Gasteiger partial charge >= 0.3 is 0 Å². The molecule has 1 aliphatic rings. The van der Waals surface area contributed by atoms with Gasteiger partial charge in [0.25, 0.3) is 0 Å². The molecule has 0 bridgehead atoms. The van der Waals surface area contributed by atoms with Crippen molar-refractivity contribution in [2.24, 2.45) is 0 Å². The lowest BCUT2D eigenvalue weighted by molar-refractivity contribution is -0.136. The van der Waals surface area contributed by atoms with Gasteiger partial charge in [-0.15, -0.1) is 0 Å². The Morgan fingerprint density at radius 3 is 2.75 bits per heavy atom. The van der Waals surface area contributed by atoms with E-state index in [1.807, 2.05) is 11.8 Å². The summed E-state index contributed by atoms with van der Waals surface area (Å²) in [6.07, 6.45) is 0. The molecule has 1 saturated heterocycles. The molecule has 0 N–H and O–H groups in total. The van der Waals surface area contributed by atoms with E-state index >= 15 is 0 Å². The zero-order chi connectivity index (χ0) is 12.3. The summed E-state index contributed by atoms with van der Waals surface area (Å²) in [5.74, 6) is 0.0618. The molecule has 1 heterocycles. The number of hydrogen-bond donors (Lipinski definition) is 0. The molecule has 0 aromatic heterocycles. The molecule has 0 aromatic rings. The molecule has 1 rings (SSSR count). The number of likely N-dealkylation sites (N-methyl/N-ethyl adjacent to an activating group) is 1. The van der Waals surface area contributed by atoms with Gasteiger partial charge in [0.1, 0.15) is 0 Å². The molecule has 0 aliphatic carbocycles. The Hall–Kier alpha value is -0.880. The third-order valence-electron chi connectivity index (χ3n) is 2.84. The lowest BCUT2D eigenvalue weighted by Gasteiger charge is -2.37. The van der Waals surface area contributed by atoms with Crippen molar-refractivity contribution in [3.05, 3.63) is 12.0 Å². The molecule has 1 amide bonds. The minimum absolute atomic E-state index is 0.0256. The number of rotatable bonds is 4. The van der Waals surface area contributed by atoms with Gasteiger partial charge in [-0.25, -0.2) is 8.42 Å². The summed E-state index contributed by atoms with van der Waals surface area (Å²) < 4.78 is 22.5. The molecule has 92 valence electrons. The van der Waals surface area contributed by atoms with E-state index in [1.165, 1.54) is 0 Å². The van der Waals surface area contributed by atoms with Crippen LogP contribution in [0.5, 0.6) is 0 Å². The van der Waals surface area contributed by atoms with Crippen molar-refractivity contribution in [3.8, 4) is 0 Å². The smallest absolute Gasteiger partial charge is 0.236 e. The SMILES string of the molecule is C=CS(=O)(=O)CCN1CC(=O)N(C)CC1C. The van der Waals surface area contributed by atoms with Crippen molar-refractivity contribution in [2.75, 3.05) is 32.4 Å². The fraction of sp³-hybridized carbons (Fsp3) is 0.700. The van der Waals surface area contributed by atoms with E-state index in [2.05, 4.69) is 6.58 Å². The molecule has 1 fully saturated rings. The van der Waals surface area contributed by atoms with Crippen LogP contribution in [0.15, 0.2) is 12.0 Å². The minimum atomic E-state index is -3.18.